The first kappa shape index (κ1) is 22.2. The van der Waals surface area contributed by atoms with E-state index in [0.29, 0.717) is 12.2 Å². The van der Waals surface area contributed by atoms with Crippen molar-refractivity contribution in [3.63, 3.8) is 0 Å². The molecule has 2 heterocycles. The van der Waals surface area contributed by atoms with Crippen LogP contribution in [-0.4, -0.2) is 45.2 Å². The van der Waals surface area contributed by atoms with Crippen LogP contribution < -0.4 is 16.0 Å². The number of nitrogens with one attached hydrogen (secondary N) is 3. The first-order valence-electron chi connectivity index (χ1n) is 10.2. The maximum atomic E-state index is 13.1. The van der Waals surface area contributed by atoms with Crippen molar-refractivity contribution in [2.24, 2.45) is 7.05 Å². The molecule has 3 N–H and O–H groups in total. The summed E-state index contributed by atoms with van der Waals surface area (Å²) in [5.41, 5.74) is 2.65. The number of pyridine rings is 1. The average Bonchev–Trinajstić information content (AvgIpc) is 3.12. The number of benzene rings is 1. The summed E-state index contributed by atoms with van der Waals surface area (Å²) in [4.78, 5) is 29.2. The Morgan fingerprint density at radius 2 is 1.77 bits per heavy atom. The van der Waals surface area contributed by atoms with E-state index in [-0.39, 0.29) is 24.4 Å². The molecule has 0 aliphatic carbocycles. The van der Waals surface area contributed by atoms with Gasteiger partial charge in [-0.3, -0.25) is 24.6 Å². The molecular weight excluding hydrogens is 392 g/mol. The Labute approximate surface area is 182 Å². The standard InChI is InChI=1S/C23H28N6O2/c1-16(2)26-22(30)15-25-20(13-17-7-5-4-6-8-17)23(31)27-21-14-19(28-29(21)3)18-9-11-24-12-10-18/h4-12,14,16,20,25H,13,15H2,1-3H3,(H,26,30)(H,27,31). The third kappa shape index (κ3) is 6.48. The molecule has 2 aromatic heterocycles. The van der Waals surface area contributed by atoms with E-state index < -0.39 is 6.04 Å². The molecule has 2 amide bonds. The van der Waals surface area contributed by atoms with E-state index in [9.17, 15) is 9.59 Å². The molecule has 31 heavy (non-hydrogen) atoms. The van der Waals surface area contributed by atoms with Crippen LogP contribution in [0.1, 0.15) is 19.4 Å². The van der Waals surface area contributed by atoms with Crippen LogP contribution >= 0.6 is 0 Å². The minimum atomic E-state index is -0.584. The molecule has 1 atom stereocenters. The van der Waals surface area contributed by atoms with Crippen LogP contribution in [0.3, 0.4) is 0 Å². The number of rotatable bonds is 9. The normalized spacial score (nSPS) is 11.9. The van der Waals surface area contributed by atoms with Gasteiger partial charge in [0.25, 0.3) is 0 Å². The highest BCUT2D eigenvalue weighted by Crippen LogP contribution is 2.20. The Hall–Kier alpha value is -3.52. The van der Waals surface area contributed by atoms with Crippen LogP contribution in [0.25, 0.3) is 11.3 Å². The SMILES string of the molecule is CC(C)NC(=O)CNC(Cc1ccccc1)C(=O)Nc1cc(-c2ccncc2)nn1C. The number of hydrogen-bond acceptors (Lipinski definition) is 5. The fourth-order valence-corrected chi connectivity index (χ4v) is 3.16. The quantitative estimate of drug-likeness (QED) is 0.492. The Bertz CT molecular complexity index is 1000. The summed E-state index contributed by atoms with van der Waals surface area (Å²) in [6.07, 6.45) is 3.85. The van der Waals surface area contributed by atoms with E-state index in [1.165, 1.54) is 0 Å². The summed E-state index contributed by atoms with van der Waals surface area (Å²) in [5, 5.41) is 13.3. The number of amides is 2. The first-order chi connectivity index (χ1) is 14.9. The van der Waals surface area contributed by atoms with Crippen molar-refractivity contribution < 1.29 is 9.59 Å². The number of aryl methyl sites for hydroxylation is 1. The first-order valence-corrected chi connectivity index (χ1v) is 10.2. The molecule has 8 heteroatoms. The summed E-state index contributed by atoms with van der Waals surface area (Å²) in [6.45, 7) is 3.85. The predicted octanol–water partition coefficient (Wildman–Crippen LogP) is 2.15. The van der Waals surface area contributed by atoms with Gasteiger partial charge >= 0.3 is 0 Å². The summed E-state index contributed by atoms with van der Waals surface area (Å²) >= 11 is 0. The molecule has 0 bridgehead atoms. The van der Waals surface area contributed by atoms with Gasteiger partial charge in [-0.15, -0.1) is 0 Å². The number of anilines is 1. The van der Waals surface area contributed by atoms with Crippen LogP contribution in [0, 0.1) is 0 Å². The number of aromatic nitrogens is 3. The zero-order valence-corrected chi connectivity index (χ0v) is 18.0. The van der Waals surface area contributed by atoms with Gasteiger partial charge < -0.3 is 10.6 Å². The lowest BCUT2D eigenvalue weighted by Crippen LogP contribution is -2.47. The smallest absolute Gasteiger partial charge is 0.243 e. The maximum Gasteiger partial charge on any atom is 0.243 e. The molecular formula is C23H28N6O2. The minimum absolute atomic E-state index is 0.0387. The van der Waals surface area contributed by atoms with Crippen molar-refractivity contribution in [1.29, 1.82) is 0 Å². The van der Waals surface area contributed by atoms with E-state index in [0.717, 1.165) is 16.8 Å². The molecule has 0 radical (unpaired) electrons. The van der Waals surface area contributed by atoms with Crippen LogP contribution in [0.4, 0.5) is 5.82 Å². The van der Waals surface area contributed by atoms with Gasteiger partial charge in [0.05, 0.1) is 18.3 Å². The lowest BCUT2D eigenvalue weighted by Gasteiger charge is -2.19. The number of nitrogens with zero attached hydrogens (tertiary/aromatic N) is 3. The summed E-state index contributed by atoms with van der Waals surface area (Å²) in [7, 11) is 1.77. The number of carbonyl (C=O) groups excluding carboxylic acids is 2. The summed E-state index contributed by atoms with van der Waals surface area (Å²) < 4.78 is 1.62. The third-order valence-electron chi connectivity index (χ3n) is 4.66. The molecule has 0 fully saturated rings. The molecule has 0 spiro atoms. The van der Waals surface area contributed by atoms with Crippen LogP contribution in [0.15, 0.2) is 60.9 Å². The van der Waals surface area contributed by atoms with Crippen molar-refractivity contribution in [2.45, 2.75) is 32.4 Å². The van der Waals surface area contributed by atoms with E-state index in [1.54, 1.807) is 24.1 Å². The van der Waals surface area contributed by atoms with Crippen molar-refractivity contribution in [3.05, 3.63) is 66.5 Å². The average molecular weight is 421 g/mol. The van der Waals surface area contributed by atoms with Crippen molar-refractivity contribution in [1.82, 2.24) is 25.4 Å². The van der Waals surface area contributed by atoms with E-state index in [2.05, 4.69) is 26.0 Å². The van der Waals surface area contributed by atoms with E-state index in [1.807, 2.05) is 62.4 Å². The lowest BCUT2D eigenvalue weighted by molar-refractivity contribution is -0.121. The van der Waals surface area contributed by atoms with E-state index in [4.69, 9.17) is 0 Å². The highest BCUT2D eigenvalue weighted by Gasteiger charge is 2.21. The minimum Gasteiger partial charge on any atom is -0.353 e. The molecule has 162 valence electrons. The van der Waals surface area contributed by atoms with Crippen molar-refractivity contribution >= 4 is 17.6 Å². The number of hydrogen-bond donors (Lipinski definition) is 3. The molecule has 0 saturated carbocycles. The van der Waals surface area contributed by atoms with Gasteiger partial charge in [0.2, 0.25) is 11.8 Å². The molecule has 0 saturated heterocycles. The second-order valence-electron chi connectivity index (χ2n) is 7.61. The highest BCUT2D eigenvalue weighted by molar-refractivity contribution is 5.95. The van der Waals surface area contributed by atoms with Gasteiger partial charge in [0.15, 0.2) is 0 Å². The van der Waals surface area contributed by atoms with Crippen LogP contribution in [-0.2, 0) is 23.1 Å². The largest absolute Gasteiger partial charge is 0.353 e. The third-order valence-corrected chi connectivity index (χ3v) is 4.66. The zero-order chi connectivity index (χ0) is 22.2. The Morgan fingerprint density at radius 3 is 2.45 bits per heavy atom. The molecule has 1 unspecified atom stereocenters. The molecule has 8 nitrogen and oxygen atoms in total. The topological polar surface area (TPSA) is 101 Å². The Balaban J connectivity index is 1.73. The second-order valence-corrected chi connectivity index (χ2v) is 7.61. The molecule has 0 aliphatic rings. The highest BCUT2D eigenvalue weighted by atomic mass is 16.2. The molecule has 0 aliphatic heterocycles. The summed E-state index contributed by atoms with van der Waals surface area (Å²) in [5.74, 6) is 0.190. The Morgan fingerprint density at radius 1 is 1.06 bits per heavy atom. The van der Waals surface area contributed by atoms with Gasteiger partial charge in [-0.2, -0.15) is 5.10 Å². The fourth-order valence-electron chi connectivity index (χ4n) is 3.16. The van der Waals surface area contributed by atoms with Gasteiger partial charge in [-0.05, 0) is 38.0 Å². The maximum absolute atomic E-state index is 13.1. The van der Waals surface area contributed by atoms with Crippen LogP contribution in [0.5, 0.6) is 0 Å². The predicted molar refractivity (Wildman–Crippen MR) is 120 cm³/mol. The monoisotopic (exact) mass is 420 g/mol. The van der Waals surface area contributed by atoms with E-state index >= 15 is 0 Å². The second kappa shape index (κ2) is 10.5. The molecule has 3 aromatic rings. The van der Waals surface area contributed by atoms with Gasteiger partial charge in [-0.25, -0.2) is 0 Å². The van der Waals surface area contributed by atoms with Crippen molar-refractivity contribution in [3.8, 4) is 11.3 Å². The molecule has 3 rings (SSSR count). The summed E-state index contributed by atoms with van der Waals surface area (Å²) in [6, 6.07) is 14.7. The zero-order valence-electron chi connectivity index (χ0n) is 18.0. The van der Waals surface area contributed by atoms with Crippen molar-refractivity contribution in [2.75, 3.05) is 11.9 Å². The lowest BCUT2D eigenvalue weighted by atomic mass is 10.1. The number of carbonyl (C=O) groups is 2. The fraction of sp³-hybridized carbons (Fsp3) is 0.304. The van der Waals surface area contributed by atoms with Crippen LogP contribution in [0.2, 0.25) is 0 Å². The molecule has 1 aromatic carbocycles. The van der Waals surface area contributed by atoms with Gasteiger partial charge in [0.1, 0.15) is 5.82 Å². The Kier molecular flexibility index (Phi) is 7.50. The van der Waals surface area contributed by atoms with Gasteiger partial charge in [-0.1, -0.05) is 30.3 Å². The van der Waals surface area contributed by atoms with Gasteiger partial charge in [0, 0.05) is 37.1 Å².